The van der Waals surface area contributed by atoms with Gasteiger partial charge in [-0.1, -0.05) is 130 Å². The minimum atomic E-state index is -4.61. The molecule has 2 unspecified atom stereocenters. The molecule has 11 rings (SSSR count). The van der Waals surface area contributed by atoms with Gasteiger partial charge < -0.3 is 46.1 Å². The summed E-state index contributed by atoms with van der Waals surface area (Å²) in [6.45, 7) is 8.33. The molecule has 22 nitrogen and oxygen atoms in total. The molecule has 6 amide bonds. The number of aldehydes is 1. The fraction of sp³-hybridized carbons (Fsp3) is 0.232. The molecule has 0 saturated carbocycles. The molecule has 7 N–H and O–H groups in total. The Labute approximate surface area is 645 Å². The topological polar surface area (TPSA) is 345 Å². The minimum Gasteiger partial charge on any atom is -0.478 e. The van der Waals surface area contributed by atoms with Crippen molar-refractivity contribution < 1.29 is 102 Å². The standard InChI is InChI=1S/C27H20F3N3O3.C20H14F3N3O3.C11H12O3.C8H7F3N2O.C8H5NO.C4H8O.C2H6O.2CH4/c1-17-23(25(34)36-16-19-6-3-2-4-7-19)24(20-12-10-18(15-31)11-13-20)32-26(35)33(17)22-9-5-8-21(14-22)27(28,29)30;1-11-16(18(27)28)17(13-7-5-12(10-24)6-8-13)25-19(29)26(11)15-4-2-3-14(9-15)20(21,22)23;1-9(12)7-11(13)14-8-10-5-3-2-4-6-10;9-8(10,11)5-2-1-3-6(4-5)13-7(12)14;9-5-7-1-3-8(6-10)4-2-7;1-2-4-5-3-1;1-2-3;;/h2-14,24H,16H2,1H3,(H,32,35);2-9,17H,1H3,(H,25,29)(H,27,28);2-6H,7-8H2,1H3;1-4H,(H3,12,13,14);1-4,6H;1-4H2;3H,2H2,1H3;2*1H4. The molecule has 1 saturated heterocycles. The number of nitrogens with zero attached hydrogens (tertiary/aromatic N) is 5. The molecule has 3 aliphatic rings. The molecular weight excluding hydrogens is 1490 g/mol. The highest BCUT2D eigenvalue weighted by atomic mass is 19.4. The lowest BCUT2D eigenvalue weighted by atomic mass is 9.94. The number of allylic oxidation sites excluding steroid dienone is 2. The van der Waals surface area contributed by atoms with Crippen LogP contribution in [0.4, 0.5) is 71.0 Å². The number of hydrogen-bond donors (Lipinski definition) is 6. The van der Waals surface area contributed by atoms with Gasteiger partial charge in [-0.25, -0.2) is 24.0 Å². The summed E-state index contributed by atoms with van der Waals surface area (Å²) < 4.78 is 131. The van der Waals surface area contributed by atoms with Gasteiger partial charge >= 0.3 is 54.5 Å². The van der Waals surface area contributed by atoms with Gasteiger partial charge in [0.2, 0.25) is 0 Å². The van der Waals surface area contributed by atoms with E-state index < -0.39 is 83.3 Å². The zero-order valence-electron chi connectivity index (χ0n) is 59.6. The second kappa shape index (κ2) is 45.5. The van der Waals surface area contributed by atoms with Gasteiger partial charge in [-0.15, -0.1) is 0 Å². The van der Waals surface area contributed by atoms with Crippen molar-refractivity contribution in [3.05, 3.63) is 290 Å². The Balaban J connectivity index is 0.000000379. The average molecular weight is 1570 g/mol. The number of primary amides is 1. The van der Waals surface area contributed by atoms with Crippen molar-refractivity contribution in [1.82, 2.24) is 10.6 Å². The highest BCUT2D eigenvalue weighted by molar-refractivity contribution is 6.04. The molecule has 1 fully saturated rings. The van der Waals surface area contributed by atoms with Crippen LogP contribution in [0.2, 0.25) is 0 Å². The maximum atomic E-state index is 13.3. The van der Waals surface area contributed by atoms with Crippen molar-refractivity contribution in [2.45, 2.75) is 106 Å². The van der Waals surface area contributed by atoms with Crippen LogP contribution in [0.3, 0.4) is 0 Å². The molecular formula is C82H80F9N9O13. The molecule has 8 aromatic carbocycles. The number of nitrogens with two attached hydrogens (primary N) is 1. The van der Waals surface area contributed by atoms with Gasteiger partial charge in [0.1, 0.15) is 31.7 Å². The number of aliphatic hydroxyl groups excluding tert-OH is 1. The number of benzene rings is 8. The number of carboxylic acid groups (broad SMARTS) is 1. The van der Waals surface area contributed by atoms with E-state index in [0.29, 0.717) is 33.4 Å². The number of ketones is 1. The fourth-order valence-electron chi connectivity index (χ4n) is 10.1. The second-order valence-electron chi connectivity index (χ2n) is 23.4. The Bertz CT molecular complexity index is 4700. The third-order valence-electron chi connectivity index (χ3n) is 15.3. The highest BCUT2D eigenvalue weighted by Crippen LogP contribution is 2.40. The first kappa shape index (κ1) is 93.8. The number of esters is 2. The van der Waals surface area contributed by atoms with Gasteiger partial charge in [0, 0.05) is 42.5 Å². The Hall–Kier alpha value is -13.4. The molecule has 0 spiro atoms. The van der Waals surface area contributed by atoms with Crippen molar-refractivity contribution in [3.8, 4) is 18.2 Å². The highest BCUT2D eigenvalue weighted by Gasteiger charge is 2.41. The van der Waals surface area contributed by atoms with E-state index in [4.69, 9.17) is 40.8 Å². The number of nitrogens with one attached hydrogen (secondary N) is 3. The molecule has 2 atom stereocenters. The maximum absolute atomic E-state index is 13.3. The number of urea groups is 3. The van der Waals surface area contributed by atoms with Crippen LogP contribution < -0.4 is 31.5 Å². The number of Topliss-reactive ketones (excluding diaryl/α,β-unsaturated/α-hetero) is 1. The maximum Gasteiger partial charge on any atom is 0.416 e. The number of amides is 6. The first-order chi connectivity index (χ1) is 52.7. The number of anilines is 3. The summed E-state index contributed by atoms with van der Waals surface area (Å²) in [5.74, 6) is -2.71. The largest absolute Gasteiger partial charge is 0.478 e. The number of hydrogen-bond acceptors (Lipinski definition) is 15. The predicted octanol–water partition coefficient (Wildman–Crippen LogP) is 17.4. The van der Waals surface area contributed by atoms with Gasteiger partial charge in [0.15, 0.2) is 0 Å². The number of nitriles is 3. The Morgan fingerprint density at radius 3 is 1.29 bits per heavy atom. The normalized spacial score (nSPS) is 13.9. The van der Waals surface area contributed by atoms with E-state index >= 15 is 0 Å². The van der Waals surface area contributed by atoms with Crippen LogP contribution in [0, 0.1) is 34.0 Å². The average Bonchev–Trinajstić information content (AvgIpc) is 0.810. The van der Waals surface area contributed by atoms with Crippen molar-refractivity contribution in [1.29, 1.82) is 15.8 Å². The molecule has 3 heterocycles. The Morgan fingerprint density at radius 2 is 0.938 bits per heavy atom. The van der Waals surface area contributed by atoms with E-state index in [1.807, 2.05) is 54.6 Å². The van der Waals surface area contributed by atoms with Crippen LogP contribution >= 0.6 is 0 Å². The Morgan fingerprint density at radius 1 is 0.566 bits per heavy atom. The molecule has 0 aromatic heterocycles. The van der Waals surface area contributed by atoms with Gasteiger partial charge in [0.25, 0.3) is 0 Å². The predicted molar refractivity (Wildman–Crippen MR) is 401 cm³/mol. The van der Waals surface area contributed by atoms with E-state index in [1.165, 1.54) is 88.2 Å². The van der Waals surface area contributed by atoms with Gasteiger partial charge in [-0.2, -0.15) is 55.3 Å². The monoisotopic (exact) mass is 1570 g/mol. The summed E-state index contributed by atoms with van der Waals surface area (Å²) in [6, 6.07) is 51.3. The number of aliphatic carboxylic acids is 1. The number of halogens is 9. The fourth-order valence-corrected chi connectivity index (χ4v) is 10.1. The molecule has 31 heteroatoms. The molecule has 594 valence electrons. The van der Waals surface area contributed by atoms with Gasteiger partial charge in [-0.05, 0) is 154 Å². The van der Waals surface area contributed by atoms with Crippen LogP contribution in [0.1, 0.15) is 140 Å². The zero-order chi connectivity index (χ0) is 82.0. The minimum absolute atomic E-state index is 0. The lowest BCUT2D eigenvalue weighted by Gasteiger charge is -2.35. The van der Waals surface area contributed by atoms with E-state index in [1.54, 1.807) is 79.7 Å². The quantitative estimate of drug-likeness (QED) is 0.0255. The van der Waals surface area contributed by atoms with E-state index in [9.17, 15) is 83.0 Å². The second-order valence-corrected chi connectivity index (χ2v) is 23.4. The molecule has 0 radical (unpaired) electrons. The van der Waals surface area contributed by atoms with Gasteiger partial charge in [0.05, 0.1) is 86.2 Å². The third kappa shape index (κ3) is 29.8. The summed E-state index contributed by atoms with van der Waals surface area (Å²) in [5.41, 5.74) is 6.43. The summed E-state index contributed by atoms with van der Waals surface area (Å²) in [7, 11) is 0. The molecule has 0 aliphatic carbocycles. The number of carbonyl (C=O) groups is 8. The lowest BCUT2D eigenvalue weighted by molar-refractivity contribution is -0.147. The van der Waals surface area contributed by atoms with Crippen molar-refractivity contribution in [3.63, 3.8) is 0 Å². The van der Waals surface area contributed by atoms with Crippen LogP contribution in [0.5, 0.6) is 0 Å². The first-order valence-corrected chi connectivity index (χ1v) is 33.2. The summed E-state index contributed by atoms with van der Waals surface area (Å²) in [4.78, 5) is 95.0. The molecule has 3 aliphatic heterocycles. The first-order valence-electron chi connectivity index (χ1n) is 33.2. The SMILES string of the molecule is C.C.C1CCOC1.CC(=O)CC(=O)OCc1ccccc1.CC1=C(C(=O)O)C(c2ccc(C#N)cc2)NC(=O)N1c1cccc(C(F)(F)F)c1.CC1=C(C(=O)OCc2ccccc2)C(c2ccc(C#N)cc2)NC(=O)N1c1cccc(C(F)(F)F)c1.CCO.N#Cc1ccc(C=O)cc1.NC(=O)Nc1cccc(C(F)(F)F)c1. The smallest absolute Gasteiger partial charge is 0.416 e. The zero-order valence-corrected chi connectivity index (χ0v) is 59.6. The number of carboxylic acids is 1. The summed E-state index contributed by atoms with van der Waals surface area (Å²) >= 11 is 0. The van der Waals surface area contributed by atoms with Crippen molar-refractivity contribution >= 4 is 65.1 Å². The summed E-state index contributed by atoms with van der Waals surface area (Å²) in [6.07, 6.45) is -10.5. The number of carbonyl (C=O) groups excluding carboxylic acids is 7. The van der Waals surface area contributed by atoms with Crippen molar-refractivity contribution in [2.24, 2.45) is 5.73 Å². The third-order valence-corrected chi connectivity index (χ3v) is 15.3. The van der Waals surface area contributed by atoms with Crippen LogP contribution in [-0.4, -0.2) is 78.1 Å². The van der Waals surface area contributed by atoms with Crippen LogP contribution in [0.15, 0.2) is 229 Å². The van der Waals surface area contributed by atoms with E-state index in [2.05, 4.69) is 16.0 Å². The lowest BCUT2D eigenvalue weighted by Crippen LogP contribution is -2.48. The molecule has 113 heavy (non-hydrogen) atoms. The summed E-state index contributed by atoms with van der Waals surface area (Å²) in [5, 5.41) is 50.9. The molecule has 8 aromatic rings. The number of ether oxygens (including phenoxy) is 3. The van der Waals surface area contributed by atoms with Crippen LogP contribution in [0.25, 0.3) is 0 Å². The number of alkyl halides is 9. The van der Waals surface area contributed by atoms with Crippen LogP contribution in [-0.2, 0) is 65.1 Å². The van der Waals surface area contributed by atoms with Gasteiger partial charge in [-0.3, -0.25) is 24.2 Å². The van der Waals surface area contributed by atoms with E-state index in [-0.39, 0.29) is 86.5 Å². The number of rotatable bonds is 14. The van der Waals surface area contributed by atoms with Crippen molar-refractivity contribution in [2.75, 3.05) is 34.9 Å². The Kier molecular flexibility index (Phi) is 37.8. The molecule has 0 bridgehead atoms. The van der Waals surface area contributed by atoms with E-state index in [0.717, 1.165) is 82.9 Å². The number of aliphatic hydroxyl groups is 1.